The molecule has 1 aliphatic carbocycles. The smallest absolute Gasteiger partial charge is 0.338 e. The first-order valence-corrected chi connectivity index (χ1v) is 7.36. The van der Waals surface area contributed by atoms with Crippen LogP contribution in [0, 0.1) is 5.92 Å². The Bertz CT molecular complexity index is 507. The first-order valence-electron chi connectivity index (χ1n) is 7.36. The minimum atomic E-state index is -0.697. The summed E-state index contributed by atoms with van der Waals surface area (Å²) in [5.74, 6) is -1.23. The van der Waals surface area contributed by atoms with E-state index in [0.717, 1.165) is 18.5 Å². The molecule has 2 N–H and O–H groups in total. The zero-order valence-corrected chi connectivity index (χ0v) is 12.2. The molecule has 5 heteroatoms. The van der Waals surface area contributed by atoms with E-state index in [1.54, 1.807) is 19.1 Å². The molecule has 5 nitrogen and oxygen atoms in total. The van der Waals surface area contributed by atoms with Crippen LogP contribution in [0.2, 0.25) is 0 Å². The monoisotopic (exact) mass is 291 g/mol. The van der Waals surface area contributed by atoms with Crippen LogP contribution in [-0.2, 0) is 9.53 Å². The van der Waals surface area contributed by atoms with E-state index in [9.17, 15) is 9.59 Å². The Morgan fingerprint density at radius 3 is 2.62 bits per heavy atom. The molecule has 2 rings (SSSR count). The largest absolute Gasteiger partial charge is 0.481 e. The number of ether oxygens (including phenoxy) is 1. The van der Waals surface area contributed by atoms with E-state index in [1.807, 2.05) is 12.1 Å². The number of hydrogen-bond acceptors (Lipinski definition) is 4. The Morgan fingerprint density at radius 1 is 1.29 bits per heavy atom. The van der Waals surface area contributed by atoms with Gasteiger partial charge in [0.25, 0.3) is 0 Å². The van der Waals surface area contributed by atoms with E-state index in [2.05, 4.69) is 5.32 Å². The van der Waals surface area contributed by atoms with Gasteiger partial charge in [0.1, 0.15) is 0 Å². The lowest BCUT2D eigenvalue weighted by Crippen LogP contribution is -2.29. The fraction of sp³-hybridized carbons (Fsp3) is 0.500. The number of carboxylic acids is 1. The molecule has 0 bridgehead atoms. The van der Waals surface area contributed by atoms with Crippen LogP contribution in [0.25, 0.3) is 0 Å². The standard InChI is InChI=1S/C16H21NO4/c1-2-21-16(20)12-4-3-5-14(10-12)17-13-8-6-11(7-9-13)15(18)19/h3-5,10-11,13,17H,2,6-9H2,1H3,(H,18,19). The molecule has 0 aliphatic heterocycles. The molecule has 0 spiro atoms. The molecule has 1 saturated carbocycles. The highest BCUT2D eigenvalue weighted by molar-refractivity contribution is 5.90. The number of rotatable bonds is 5. The van der Waals surface area contributed by atoms with Gasteiger partial charge in [0.15, 0.2) is 0 Å². The van der Waals surface area contributed by atoms with Crippen molar-refractivity contribution in [2.75, 3.05) is 11.9 Å². The average molecular weight is 291 g/mol. The maximum Gasteiger partial charge on any atom is 0.338 e. The maximum absolute atomic E-state index is 11.7. The van der Waals surface area contributed by atoms with Gasteiger partial charge in [0.2, 0.25) is 0 Å². The molecule has 0 unspecified atom stereocenters. The molecule has 114 valence electrons. The van der Waals surface area contributed by atoms with Gasteiger partial charge in [-0.3, -0.25) is 4.79 Å². The van der Waals surface area contributed by atoms with Crippen molar-refractivity contribution in [3.63, 3.8) is 0 Å². The summed E-state index contributed by atoms with van der Waals surface area (Å²) >= 11 is 0. The van der Waals surface area contributed by atoms with E-state index < -0.39 is 5.97 Å². The van der Waals surface area contributed by atoms with E-state index >= 15 is 0 Å². The summed E-state index contributed by atoms with van der Waals surface area (Å²) in [7, 11) is 0. The predicted molar refractivity (Wildman–Crippen MR) is 79.4 cm³/mol. The van der Waals surface area contributed by atoms with Gasteiger partial charge in [-0.15, -0.1) is 0 Å². The molecule has 1 aliphatic rings. The number of anilines is 1. The van der Waals surface area contributed by atoms with Gasteiger partial charge in [-0.25, -0.2) is 4.79 Å². The molecular formula is C16H21NO4. The first kappa shape index (κ1) is 15.4. The molecule has 21 heavy (non-hydrogen) atoms. The van der Waals surface area contributed by atoms with Gasteiger partial charge in [0.05, 0.1) is 18.1 Å². The Kier molecular flexibility index (Phi) is 5.20. The summed E-state index contributed by atoms with van der Waals surface area (Å²) in [5.41, 5.74) is 1.40. The Balaban J connectivity index is 1.93. The number of benzene rings is 1. The zero-order valence-electron chi connectivity index (χ0n) is 12.2. The normalized spacial score (nSPS) is 21.6. The highest BCUT2D eigenvalue weighted by atomic mass is 16.5. The molecule has 1 aromatic rings. The molecule has 0 aromatic heterocycles. The van der Waals surface area contributed by atoms with Crippen LogP contribution < -0.4 is 5.32 Å². The topological polar surface area (TPSA) is 75.6 Å². The van der Waals surface area contributed by atoms with Crippen molar-refractivity contribution < 1.29 is 19.4 Å². The number of carbonyl (C=O) groups excluding carboxylic acids is 1. The van der Waals surface area contributed by atoms with Crippen molar-refractivity contribution in [2.24, 2.45) is 5.92 Å². The minimum Gasteiger partial charge on any atom is -0.481 e. The molecule has 0 heterocycles. The van der Waals surface area contributed by atoms with Crippen molar-refractivity contribution >= 4 is 17.6 Å². The van der Waals surface area contributed by atoms with Gasteiger partial charge >= 0.3 is 11.9 Å². The molecule has 0 saturated heterocycles. The van der Waals surface area contributed by atoms with Crippen LogP contribution in [0.4, 0.5) is 5.69 Å². The van der Waals surface area contributed by atoms with Crippen LogP contribution >= 0.6 is 0 Å². The fourth-order valence-corrected chi connectivity index (χ4v) is 2.67. The van der Waals surface area contributed by atoms with E-state index in [4.69, 9.17) is 9.84 Å². The summed E-state index contributed by atoms with van der Waals surface area (Å²) in [6.45, 7) is 2.14. The van der Waals surface area contributed by atoms with Crippen LogP contribution in [0.5, 0.6) is 0 Å². The van der Waals surface area contributed by atoms with Crippen molar-refractivity contribution in [3.05, 3.63) is 29.8 Å². The highest BCUT2D eigenvalue weighted by Crippen LogP contribution is 2.27. The number of carbonyl (C=O) groups is 2. The van der Waals surface area contributed by atoms with Crippen LogP contribution in [-0.4, -0.2) is 29.7 Å². The van der Waals surface area contributed by atoms with Gasteiger partial charge < -0.3 is 15.2 Å². The third-order valence-corrected chi connectivity index (χ3v) is 3.82. The first-order chi connectivity index (χ1) is 10.1. The van der Waals surface area contributed by atoms with Gasteiger partial charge in [-0.1, -0.05) is 6.07 Å². The van der Waals surface area contributed by atoms with Crippen molar-refractivity contribution in [1.29, 1.82) is 0 Å². The molecule has 1 fully saturated rings. The Hall–Kier alpha value is -2.04. The summed E-state index contributed by atoms with van der Waals surface area (Å²) in [6, 6.07) is 7.49. The van der Waals surface area contributed by atoms with E-state index in [-0.39, 0.29) is 17.9 Å². The minimum absolute atomic E-state index is 0.214. The van der Waals surface area contributed by atoms with E-state index in [1.165, 1.54) is 0 Å². The van der Waals surface area contributed by atoms with Gasteiger partial charge in [0, 0.05) is 11.7 Å². The summed E-state index contributed by atoms with van der Waals surface area (Å²) in [6.07, 6.45) is 3.07. The van der Waals surface area contributed by atoms with Gasteiger partial charge in [-0.2, -0.15) is 0 Å². The lowest BCUT2D eigenvalue weighted by molar-refractivity contribution is -0.142. The summed E-state index contributed by atoms with van der Waals surface area (Å²) in [5, 5.41) is 12.4. The number of hydrogen-bond donors (Lipinski definition) is 2. The van der Waals surface area contributed by atoms with Crippen LogP contribution in [0.1, 0.15) is 43.0 Å². The van der Waals surface area contributed by atoms with Crippen molar-refractivity contribution in [2.45, 2.75) is 38.6 Å². The van der Waals surface area contributed by atoms with Crippen molar-refractivity contribution in [1.82, 2.24) is 0 Å². The van der Waals surface area contributed by atoms with E-state index in [0.29, 0.717) is 25.0 Å². The lowest BCUT2D eigenvalue weighted by Gasteiger charge is -2.27. The summed E-state index contributed by atoms with van der Waals surface area (Å²) in [4.78, 5) is 22.6. The van der Waals surface area contributed by atoms with Crippen molar-refractivity contribution in [3.8, 4) is 0 Å². The Morgan fingerprint density at radius 2 is 2.00 bits per heavy atom. The second-order valence-electron chi connectivity index (χ2n) is 5.33. The fourth-order valence-electron chi connectivity index (χ4n) is 2.67. The average Bonchev–Trinajstić information content (AvgIpc) is 2.48. The number of esters is 1. The quantitative estimate of drug-likeness (QED) is 0.816. The SMILES string of the molecule is CCOC(=O)c1cccc(NC2CCC(C(=O)O)CC2)c1. The predicted octanol–water partition coefficient (Wildman–Crippen LogP) is 2.92. The number of carboxylic acid groups (broad SMARTS) is 1. The lowest BCUT2D eigenvalue weighted by atomic mass is 9.86. The van der Waals surface area contributed by atoms with Crippen LogP contribution in [0.3, 0.4) is 0 Å². The molecule has 1 aromatic carbocycles. The molecule has 0 amide bonds. The number of aliphatic carboxylic acids is 1. The third kappa shape index (κ3) is 4.21. The molecule has 0 atom stereocenters. The molecule has 0 radical (unpaired) electrons. The van der Waals surface area contributed by atoms with Crippen LogP contribution in [0.15, 0.2) is 24.3 Å². The Labute approximate surface area is 124 Å². The second kappa shape index (κ2) is 7.11. The summed E-state index contributed by atoms with van der Waals surface area (Å²) < 4.78 is 4.98. The van der Waals surface area contributed by atoms with Gasteiger partial charge in [-0.05, 0) is 50.8 Å². The second-order valence-corrected chi connectivity index (χ2v) is 5.33. The molecular weight excluding hydrogens is 270 g/mol. The highest BCUT2D eigenvalue weighted by Gasteiger charge is 2.25. The maximum atomic E-state index is 11.7. The third-order valence-electron chi connectivity index (χ3n) is 3.82. The number of nitrogens with one attached hydrogen (secondary N) is 1. The zero-order chi connectivity index (χ0) is 15.2.